The summed E-state index contributed by atoms with van der Waals surface area (Å²) in [6.45, 7) is 3.21. The van der Waals surface area contributed by atoms with Crippen LogP contribution in [0.15, 0.2) is 18.2 Å². The Morgan fingerprint density at radius 2 is 2.15 bits per heavy atom. The first-order valence-electron chi connectivity index (χ1n) is 7.58. The van der Waals surface area contributed by atoms with Crippen LogP contribution in [0.3, 0.4) is 0 Å². The zero-order chi connectivity index (χ0) is 13.5. The molecule has 2 fully saturated rings. The highest BCUT2D eigenvalue weighted by Crippen LogP contribution is 2.31. The lowest BCUT2D eigenvalue weighted by Gasteiger charge is -2.37. The molecule has 2 heterocycles. The van der Waals surface area contributed by atoms with Gasteiger partial charge in [-0.1, -0.05) is 6.07 Å². The van der Waals surface area contributed by atoms with E-state index in [1.807, 2.05) is 11.0 Å². The van der Waals surface area contributed by atoms with Gasteiger partial charge in [0.25, 0.3) is 5.91 Å². The number of morpholine rings is 1. The lowest BCUT2D eigenvalue weighted by molar-refractivity contribution is -0.0445. The molecular weight excluding hydrogens is 252 g/mol. The molecule has 2 aliphatic heterocycles. The number of fused-ring (bicyclic) bond motifs is 2. The van der Waals surface area contributed by atoms with Crippen molar-refractivity contribution in [2.75, 3.05) is 13.2 Å². The van der Waals surface area contributed by atoms with Gasteiger partial charge in [0.1, 0.15) is 0 Å². The fourth-order valence-electron chi connectivity index (χ4n) is 3.77. The standard InChI is InChI=1S/C16H20N2O2/c19-16(11-4-5-12-9-17-10-13(12)8-11)18-6-7-20-15-3-1-2-14(15)18/h4-5,8,14-15,17H,1-3,6-7,9-10H2. The van der Waals surface area contributed by atoms with Crippen LogP contribution in [0, 0.1) is 0 Å². The summed E-state index contributed by atoms with van der Waals surface area (Å²) in [5, 5.41) is 3.33. The van der Waals surface area contributed by atoms with Crippen molar-refractivity contribution in [1.82, 2.24) is 10.2 Å². The number of benzene rings is 1. The first-order chi connectivity index (χ1) is 9.83. The molecule has 0 radical (unpaired) electrons. The molecule has 1 aromatic carbocycles. The highest BCUT2D eigenvalue weighted by Gasteiger charge is 2.38. The van der Waals surface area contributed by atoms with Gasteiger partial charge in [-0.2, -0.15) is 0 Å². The third-order valence-corrected chi connectivity index (χ3v) is 4.83. The summed E-state index contributed by atoms with van der Waals surface area (Å²) in [4.78, 5) is 14.8. The minimum absolute atomic E-state index is 0.180. The number of rotatable bonds is 1. The van der Waals surface area contributed by atoms with Gasteiger partial charge in [-0.15, -0.1) is 0 Å². The molecule has 0 bridgehead atoms. The molecule has 3 aliphatic rings. The summed E-state index contributed by atoms with van der Waals surface area (Å²) in [6, 6.07) is 6.43. The van der Waals surface area contributed by atoms with Gasteiger partial charge in [0, 0.05) is 25.2 Å². The fraction of sp³-hybridized carbons (Fsp3) is 0.562. The quantitative estimate of drug-likeness (QED) is 0.846. The van der Waals surface area contributed by atoms with Crippen molar-refractivity contribution >= 4 is 5.91 Å². The molecule has 2 atom stereocenters. The summed E-state index contributed by atoms with van der Waals surface area (Å²) in [7, 11) is 0. The van der Waals surface area contributed by atoms with Crippen LogP contribution < -0.4 is 5.32 Å². The van der Waals surface area contributed by atoms with Crippen LogP contribution in [-0.2, 0) is 17.8 Å². The van der Waals surface area contributed by atoms with Crippen LogP contribution in [0.25, 0.3) is 0 Å². The molecule has 4 rings (SSSR count). The molecule has 20 heavy (non-hydrogen) atoms. The average Bonchev–Trinajstić information content (AvgIpc) is 3.13. The van der Waals surface area contributed by atoms with Crippen molar-refractivity contribution < 1.29 is 9.53 Å². The zero-order valence-electron chi connectivity index (χ0n) is 11.6. The normalized spacial score (nSPS) is 28.3. The number of carbonyl (C=O) groups is 1. The summed E-state index contributed by atoms with van der Waals surface area (Å²) in [5.74, 6) is 0.180. The Bertz CT molecular complexity index is 543. The van der Waals surface area contributed by atoms with E-state index >= 15 is 0 Å². The van der Waals surface area contributed by atoms with Crippen molar-refractivity contribution in [3.63, 3.8) is 0 Å². The molecule has 1 aliphatic carbocycles. The van der Waals surface area contributed by atoms with Crippen LogP contribution in [-0.4, -0.2) is 36.1 Å². The van der Waals surface area contributed by atoms with Crippen molar-refractivity contribution in [2.45, 2.75) is 44.5 Å². The van der Waals surface area contributed by atoms with Crippen LogP contribution in [0.2, 0.25) is 0 Å². The number of nitrogens with one attached hydrogen (secondary N) is 1. The maximum atomic E-state index is 12.8. The van der Waals surface area contributed by atoms with Crippen LogP contribution >= 0.6 is 0 Å². The van der Waals surface area contributed by atoms with E-state index in [0.29, 0.717) is 12.6 Å². The molecule has 4 nitrogen and oxygen atoms in total. The first kappa shape index (κ1) is 12.4. The van der Waals surface area contributed by atoms with E-state index in [9.17, 15) is 4.79 Å². The van der Waals surface area contributed by atoms with E-state index in [1.165, 1.54) is 17.5 Å². The Kier molecular flexibility index (Phi) is 3.00. The van der Waals surface area contributed by atoms with Crippen LogP contribution in [0.1, 0.15) is 40.7 Å². The summed E-state index contributed by atoms with van der Waals surface area (Å²) in [5.41, 5.74) is 3.43. The van der Waals surface area contributed by atoms with E-state index in [-0.39, 0.29) is 12.0 Å². The average molecular weight is 272 g/mol. The molecule has 0 spiro atoms. The van der Waals surface area contributed by atoms with Crippen molar-refractivity contribution in [3.8, 4) is 0 Å². The van der Waals surface area contributed by atoms with E-state index in [1.54, 1.807) is 0 Å². The van der Waals surface area contributed by atoms with E-state index in [2.05, 4.69) is 17.4 Å². The minimum atomic E-state index is 0.180. The second kappa shape index (κ2) is 4.86. The van der Waals surface area contributed by atoms with Crippen LogP contribution in [0.5, 0.6) is 0 Å². The maximum absolute atomic E-state index is 12.8. The molecule has 106 valence electrons. The van der Waals surface area contributed by atoms with E-state index in [0.717, 1.165) is 38.0 Å². The second-order valence-corrected chi connectivity index (χ2v) is 5.99. The molecule has 1 aromatic rings. The van der Waals surface area contributed by atoms with Crippen molar-refractivity contribution in [3.05, 3.63) is 34.9 Å². The van der Waals surface area contributed by atoms with Gasteiger partial charge < -0.3 is 15.0 Å². The third kappa shape index (κ3) is 1.95. The van der Waals surface area contributed by atoms with Crippen molar-refractivity contribution in [1.29, 1.82) is 0 Å². The van der Waals surface area contributed by atoms with Gasteiger partial charge in [-0.3, -0.25) is 4.79 Å². The van der Waals surface area contributed by atoms with E-state index in [4.69, 9.17) is 4.74 Å². The number of amides is 1. The van der Waals surface area contributed by atoms with Gasteiger partial charge in [0.2, 0.25) is 0 Å². The fourth-order valence-corrected chi connectivity index (χ4v) is 3.77. The molecule has 1 saturated heterocycles. The molecule has 1 N–H and O–H groups in total. The number of hydrogen-bond acceptors (Lipinski definition) is 3. The predicted molar refractivity (Wildman–Crippen MR) is 75.4 cm³/mol. The second-order valence-electron chi connectivity index (χ2n) is 5.99. The highest BCUT2D eigenvalue weighted by atomic mass is 16.5. The molecule has 1 saturated carbocycles. The highest BCUT2D eigenvalue weighted by molar-refractivity contribution is 5.95. The zero-order valence-corrected chi connectivity index (χ0v) is 11.6. The first-order valence-corrected chi connectivity index (χ1v) is 7.58. The number of ether oxygens (including phenoxy) is 1. The van der Waals surface area contributed by atoms with Gasteiger partial charge in [-0.25, -0.2) is 0 Å². The van der Waals surface area contributed by atoms with Gasteiger partial charge in [0.15, 0.2) is 0 Å². The molecule has 2 unspecified atom stereocenters. The smallest absolute Gasteiger partial charge is 0.254 e. The molecular formula is C16H20N2O2. The lowest BCUT2D eigenvalue weighted by Crippen LogP contribution is -2.51. The Balaban J connectivity index is 1.60. The van der Waals surface area contributed by atoms with Gasteiger partial charge in [-0.05, 0) is 42.5 Å². The summed E-state index contributed by atoms with van der Waals surface area (Å²) in [6.07, 6.45) is 3.63. The maximum Gasteiger partial charge on any atom is 0.254 e. The van der Waals surface area contributed by atoms with Gasteiger partial charge in [0.05, 0.1) is 18.8 Å². The Hall–Kier alpha value is -1.39. The van der Waals surface area contributed by atoms with Gasteiger partial charge >= 0.3 is 0 Å². The Morgan fingerprint density at radius 1 is 1.25 bits per heavy atom. The van der Waals surface area contributed by atoms with Crippen molar-refractivity contribution in [2.24, 2.45) is 0 Å². The number of nitrogens with zero attached hydrogens (tertiary/aromatic N) is 1. The summed E-state index contributed by atoms with van der Waals surface area (Å²) < 4.78 is 5.79. The topological polar surface area (TPSA) is 41.6 Å². The number of carbonyl (C=O) groups excluding carboxylic acids is 1. The monoisotopic (exact) mass is 272 g/mol. The van der Waals surface area contributed by atoms with E-state index < -0.39 is 0 Å². The number of hydrogen-bond donors (Lipinski definition) is 1. The molecule has 0 aromatic heterocycles. The lowest BCUT2D eigenvalue weighted by atomic mass is 10.0. The minimum Gasteiger partial charge on any atom is -0.374 e. The SMILES string of the molecule is O=C(c1ccc2c(c1)CNC2)N1CCOC2CCCC21. The third-order valence-electron chi connectivity index (χ3n) is 4.83. The predicted octanol–water partition coefficient (Wildman–Crippen LogP) is 1.68. The van der Waals surface area contributed by atoms with Crippen LogP contribution in [0.4, 0.5) is 0 Å². The Morgan fingerprint density at radius 3 is 3.10 bits per heavy atom. The molecule has 4 heteroatoms. The Labute approximate surface area is 119 Å². The molecule has 1 amide bonds. The largest absolute Gasteiger partial charge is 0.374 e. The summed E-state index contributed by atoms with van der Waals surface area (Å²) >= 11 is 0.